The van der Waals surface area contributed by atoms with Crippen LogP contribution in [-0.2, 0) is 0 Å². The van der Waals surface area contributed by atoms with E-state index in [-0.39, 0.29) is 5.82 Å². The van der Waals surface area contributed by atoms with Gasteiger partial charge in [0.2, 0.25) is 0 Å². The molecule has 0 spiro atoms. The van der Waals surface area contributed by atoms with Gasteiger partial charge in [-0.3, -0.25) is 0 Å². The molecule has 2 nitrogen and oxygen atoms in total. The molecule has 0 radical (unpaired) electrons. The molecule has 2 N–H and O–H groups in total. The highest BCUT2D eigenvalue weighted by molar-refractivity contribution is 9.10. The summed E-state index contributed by atoms with van der Waals surface area (Å²) in [4.78, 5) is 0. The highest BCUT2D eigenvalue weighted by atomic mass is 79.9. The summed E-state index contributed by atoms with van der Waals surface area (Å²) in [5, 5.41) is 0. The zero-order valence-corrected chi connectivity index (χ0v) is 12.4. The monoisotopic (exact) mass is 323 g/mol. The van der Waals surface area contributed by atoms with Gasteiger partial charge in [0.1, 0.15) is 11.6 Å². The van der Waals surface area contributed by atoms with E-state index in [4.69, 9.17) is 10.5 Å². The fourth-order valence-electron chi connectivity index (χ4n) is 2.03. The van der Waals surface area contributed by atoms with E-state index in [9.17, 15) is 4.39 Å². The Morgan fingerprint density at radius 1 is 1.21 bits per heavy atom. The van der Waals surface area contributed by atoms with Crippen LogP contribution in [0.1, 0.15) is 22.7 Å². The molecule has 4 heteroatoms. The molecule has 0 aliphatic heterocycles. The summed E-state index contributed by atoms with van der Waals surface area (Å²) in [6.45, 7) is 1.94. The van der Waals surface area contributed by atoms with Crippen LogP contribution in [-0.4, -0.2) is 7.11 Å². The molecule has 1 atom stereocenters. The number of ether oxygens (including phenoxy) is 1. The molecule has 0 aliphatic carbocycles. The molecule has 0 aliphatic rings. The summed E-state index contributed by atoms with van der Waals surface area (Å²) in [6.07, 6.45) is 0. The summed E-state index contributed by atoms with van der Waals surface area (Å²) in [6, 6.07) is 9.91. The predicted molar refractivity (Wildman–Crippen MR) is 77.9 cm³/mol. The Morgan fingerprint density at radius 3 is 2.58 bits per heavy atom. The zero-order chi connectivity index (χ0) is 14.0. The number of aryl methyl sites for hydroxylation is 1. The first-order chi connectivity index (χ1) is 9.02. The second kappa shape index (κ2) is 5.72. The highest BCUT2D eigenvalue weighted by Crippen LogP contribution is 2.28. The largest absolute Gasteiger partial charge is 0.496 e. The van der Waals surface area contributed by atoms with Crippen molar-refractivity contribution in [3.8, 4) is 5.75 Å². The molecule has 2 rings (SSSR count). The van der Waals surface area contributed by atoms with Crippen LogP contribution in [0.25, 0.3) is 0 Å². The maximum absolute atomic E-state index is 13.8. The fraction of sp³-hybridized carbons (Fsp3) is 0.200. The van der Waals surface area contributed by atoms with Gasteiger partial charge >= 0.3 is 0 Å². The van der Waals surface area contributed by atoms with Gasteiger partial charge in [-0.1, -0.05) is 28.1 Å². The van der Waals surface area contributed by atoms with Crippen LogP contribution in [0.15, 0.2) is 40.9 Å². The number of benzene rings is 2. The molecule has 0 saturated heterocycles. The number of hydrogen-bond donors (Lipinski definition) is 1. The molecule has 19 heavy (non-hydrogen) atoms. The average Bonchev–Trinajstić information content (AvgIpc) is 2.40. The molecule has 0 amide bonds. The van der Waals surface area contributed by atoms with E-state index in [0.29, 0.717) is 5.56 Å². The zero-order valence-electron chi connectivity index (χ0n) is 10.8. The molecule has 0 bridgehead atoms. The SMILES string of the molecule is COc1ccc(C(N)c2cc(Br)ccc2F)cc1C. The van der Waals surface area contributed by atoms with Gasteiger partial charge in [0, 0.05) is 10.0 Å². The first kappa shape index (κ1) is 14.0. The third-order valence-corrected chi connectivity index (χ3v) is 3.56. The highest BCUT2D eigenvalue weighted by Gasteiger charge is 2.15. The normalized spacial score (nSPS) is 12.3. The average molecular weight is 324 g/mol. The van der Waals surface area contributed by atoms with Crippen molar-refractivity contribution < 1.29 is 9.13 Å². The Balaban J connectivity index is 2.41. The van der Waals surface area contributed by atoms with Gasteiger partial charge in [-0.15, -0.1) is 0 Å². The van der Waals surface area contributed by atoms with Crippen molar-refractivity contribution in [2.24, 2.45) is 5.73 Å². The molecular formula is C15H15BrFNO. The topological polar surface area (TPSA) is 35.2 Å². The number of methoxy groups -OCH3 is 1. The van der Waals surface area contributed by atoms with Crippen molar-refractivity contribution in [1.29, 1.82) is 0 Å². The molecule has 2 aromatic rings. The van der Waals surface area contributed by atoms with Crippen LogP contribution in [0.4, 0.5) is 4.39 Å². The number of halogens is 2. The predicted octanol–water partition coefficient (Wildman–Crippen LogP) is 3.95. The van der Waals surface area contributed by atoms with E-state index in [1.807, 2.05) is 25.1 Å². The minimum Gasteiger partial charge on any atom is -0.496 e. The summed E-state index contributed by atoms with van der Waals surface area (Å²) < 4.78 is 19.8. The summed E-state index contributed by atoms with van der Waals surface area (Å²) >= 11 is 3.33. The Morgan fingerprint density at radius 2 is 1.95 bits per heavy atom. The molecule has 1 unspecified atom stereocenters. The van der Waals surface area contributed by atoms with Crippen molar-refractivity contribution >= 4 is 15.9 Å². The quantitative estimate of drug-likeness (QED) is 0.928. The van der Waals surface area contributed by atoms with Gasteiger partial charge in [0.15, 0.2) is 0 Å². The van der Waals surface area contributed by atoms with Crippen LogP contribution < -0.4 is 10.5 Å². The van der Waals surface area contributed by atoms with Crippen LogP contribution in [0.2, 0.25) is 0 Å². The molecule has 0 aromatic heterocycles. The van der Waals surface area contributed by atoms with E-state index >= 15 is 0 Å². The van der Waals surface area contributed by atoms with Crippen molar-refractivity contribution in [1.82, 2.24) is 0 Å². The van der Waals surface area contributed by atoms with Crippen molar-refractivity contribution in [3.63, 3.8) is 0 Å². The summed E-state index contributed by atoms with van der Waals surface area (Å²) in [5.41, 5.74) is 8.45. The lowest BCUT2D eigenvalue weighted by Crippen LogP contribution is -2.14. The molecule has 0 fully saturated rings. The van der Waals surface area contributed by atoms with E-state index in [2.05, 4.69) is 15.9 Å². The number of rotatable bonds is 3. The Hall–Kier alpha value is -1.39. The molecule has 0 saturated carbocycles. The van der Waals surface area contributed by atoms with Gasteiger partial charge in [-0.2, -0.15) is 0 Å². The molecule has 0 heterocycles. The van der Waals surface area contributed by atoms with Crippen LogP contribution in [0, 0.1) is 12.7 Å². The fourth-order valence-corrected chi connectivity index (χ4v) is 2.41. The molecular weight excluding hydrogens is 309 g/mol. The second-order valence-electron chi connectivity index (χ2n) is 4.37. The molecule has 2 aromatic carbocycles. The number of hydrogen-bond acceptors (Lipinski definition) is 2. The third-order valence-electron chi connectivity index (χ3n) is 3.07. The van der Waals surface area contributed by atoms with E-state index < -0.39 is 6.04 Å². The van der Waals surface area contributed by atoms with Crippen molar-refractivity contribution in [2.45, 2.75) is 13.0 Å². The Labute approximate surface area is 120 Å². The van der Waals surface area contributed by atoms with E-state index in [1.54, 1.807) is 19.2 Å². The summed E-state index contributed by atoms with van der Waals surface area (Å²) in [7, 11) is 1.62. The maximum atomic E-state index is 13.8. The van der Waals surface area contributed by atoms with Crippen molar-refractivity contribution in [3.05, 3.63) is 63.4 Å². The smallest absolute Gasteiger partial charge is 0.128 e. The van der Waals surface area contributed by atoms with Crippen LogP contribution in [0.3, 0.4) is 0 Å². The van der Waals surface area contributed by atoms with Gasteiger partial charge in [-0.25, -0.2) is 4.39 Å². The minimum atomic E-state index is -0.498. The standard InChI is InChI=1S/C15H15BrFNO/c1-9-7-10(3-6-14(9)19-2)15(18)12-8-11(16)4-5-13(12)17/h3-8,15H,18H2,1-2H3. The lowest BCUT2D eigenvalue weighted by Gasteiger charge is -2.15. The lowest BCUT2D eigenvalue weighted by molar-refractivity contribution is 0.411. The van der Waals surface area contributed by atoms with E-state index in [1.165, 1.54) is 6.07 Å². The Bertz CT molecular complexity index is 601. The van der Waals surface area contributed by atoms with Crippen molar-refractivity contribution in [2.75, 3.05) is 7.11 Å². The molecule has 100 valence electrons. The van der Waals surface area contributed by atoms with E-state index in [0.717, 1.165) is 21.3 Å². The van der Waals surface area contributed by atoms with Gasteiger partial charge in [0.25, 0.3) is 0 Å². The van der Waals surface area contributed by atoms with Crippen LogP contribution in [0.5, 0.6) is 5.75 Å². The third kappa shape index (κ3) is 2.96. The van der Waals surface area contributed by atoms with Crippen LogP contribution >= 0.6 is 15.9 Å². The Kier molecular flexibility index (Phi) is 4.22. The minimum absolute atomic E-state index is 0.302. The number of nitrogens with two attached hydrogens (primary N) is 1. The van der Waals surface area contributed by atoms with Gasteiger partial charge in [0.05, 0.1) is 13.2 Å². The maximum Gasteiger partial charge on any atom is 0.128 e. The van der Waals surface area contributed by atoms with Gasteiger partial charge in [-0.05, 0) is 42.3 Å². The summed E-state index contributed by atoms with van der Waals surface area (Å²) in [5.74, 6) is 0.495. The lowest BCUT2D eigenvalue weighted by atomic mass is 9.97. The second-order valence-corrected chi connectivity index (χ2v) is 5.29. The van der Waals surface area contributed by atoms with Gasteiger partial charge < -0.3 is 10.5 Å². The first-order valence-corrected chi connectivity index (χ1v) is 6.67. The first-order valence-electron chi connectivity index (χ1n) is 5.88.